The Kier molecular flexibility index (Phi) is 4.38. The van der Waals surface area contributed by atoms with Crippen molar-refractivity contribution in [3.63, 3.8) is 0 Å². The summed E-state index contributed by atoms with van der Waals surface area (Å²) in [5.74, 6) is 0.573. The van der Waals surface area contributed by atoms with Crippen molar-refractivity contribution in [2.45, 2.75) is 19.4 Å². The van der Waals surface area contributed by atoms with Gasteiger partial charge in [0.2, 0.25) is 0 Å². The van der Waals surface area contributed by atoms with Gasteiger partial charge in [-0.15, -0.1) is 0 Å². The van der Waals surface area contributed by atoms with Crippen molar-refractivity contribution in [1.29, 1.82) is 0 Å². The van der Waals surface area contributed by atoms with Gasteiger partial charge in [0.05, 0.1) is 5.56 Å². The summed E-state index contributed by atoms with van der Waals surface area (Å²) in [6.07, 6.45) is 0.803. The summed E-state index contributed by atoms with van der Waals surface area (Å²) in [4.78, 5) is 11.4. The van der Waals surface area contributed by atoms with E-state index in [0.717, 1.165) is 12.0 Å². The van der Waals surface area contributed by atoms with Gasteiger partial charge in [0.25, 0.3) is 5.91 Å². The highest BCUT2D eigenvalue weighted by Crippen LogP contribution is 2.31. The molecular formula is C16H18N2O2. The number of hydrogen-bond donors (Lipinski definition) is 2. The van der Waals surface area contributed by atoms with Crippen LogP contribution in [0.25, 0.3) is 0 Å². The minimum absolute atomic E-state index is 0.105. The molecule has 0 heterocycles. The van der Waals surface area contributed by atoms with Crippen molar-refractivity contribution >= 4 is 5.91 Å². The summed E-state index contributed by atoms with van der Waals surface area (Å²) in [6, 6.07) is 14.3. The number of ether oxygens (including phenoxy) is 1. The van der Waals surface area contributed by atoms with E-state index in [9.17, 15) is 4.79 Å². The summed E-state index contributed by atoms with van der Waals surface area (Å²) >= 11 is 0. The number of primary amides is 1. The summed E-state index contributed by atoms with van der Waals surface area (Å²) < 4.78 is 5.84. The Bertz CT molecular complexity index is 611. The van der Waals surface area contributed by atoms with Crippen LogP contribution in [-0.4, -0.2) is 5.91 Å². The maximum atomic E-state index is 11.4. The van der Waals surface area contributed by atoms with E-state index in [-0.39, 0.29) is 6.04 Å². The van der Waals surface area contributed by atoms with E-state index < -0.39 is 5.91 Å². The van der Waals surface area contributed by atoms with Crippen molar-refractivity contribution in [3.8, 4) is 11.5 Å². The number of benzene rings is 2. The van der Waals surface area contributed by atoms with E-state index in [2.05, 4.69) is 0 Å². The second-order valence-corrected chi connectivity index (χ2v) is 4.52. The first-order chi connectivity index (χ1) is 9.63. The quantitative estimate of drug-likeness (QED) is 0.876. The van der Waals surface area contributed by atoms with Crippen LogP contribution in [0.5, 0.6) is 11.5 Å². The zero-order valence-corrected chi connectivity index (χ0v) is 11.4. The van der Waals surface area contributed by atoms with Crippen LogP contribution >= 0.6 is 0 Å². The van der Waals surface area contributed by atoms with Crippen molar-refractivity contribution in [2.75, 3.05) is 0 Å². The Balaban J connectivity index is 2.38. The van der Waals surface area contributed by atoms with Crippen LogP contribution < -0.4 is 16.2 Å². The normalized spacial score (nSPS) is 11.9. The van der Waals surface area contributed by atoms with Crippen molar-refractivity contribution in [1.82, 2.24) is 0 Å². The SMILES string of the molecule is CC[C@@H](N)c1ccccc1Oc1ccccc1C(N)=O. The third kappa shape index (κ3) is 2.97. The third-order valence-corrected chi connectivity index (χ3v) is 3.13. The summed E-state index contributed by atoms with van der Waals surface area (Å²) in [5.41, 5.74) is 12.7. The largest absolute Gasteiger partial charge is 0.456 e. The van der Waals surface area contributed by atoms with E-state index in [4.69, 9.17) is 16.2 Å². The average molecular weight is 270 g/mol. The first kappa shape index (κ1) is 14.1. The molecule has 1 amide bonds. The van der Waals surface area contributed by atoms with Gasteiger partial charge in [-0.3, -0.25) is 4.79 Å². The Morgan fingerprint density at radius 2 is 1.70 bits per heavy atom. The van der Waals surface area contributed by atoms with Gasteiger partial charge in [0, 0.05) is 11.6 Å². The third-order valence-electron chi connectivity index (χ3n) is 3.13. The van der Waals surface area contributed by atoms with Crippen LogP contribution in [0.4, 0.5) is 0 Å². The molecule has 0 aliphatic heterocycles. The molecule has 2 aromatic carbocycles. The molecule has 0 aromatic heterocycles. The van der Waals surface area contributed by atoms with Gasteiger partial charge in [0.15, 0.2) is 0 Å². The second-order valence-electron chi connectivity index (χ2n) is 4.52. The molecule has 0 bridgehead atoms. The Morgan fingerprint density at radius 3 is 2.35 bits per heavy atom. The van der Waals surface area contributed by atoms with Crippen LogP contribution in [0, 0.1) is 0 Å². The summed E-state index contributed by atoms with van der Waals surface area (Å²) in [5, 5.41) is 0. The molecule has 0 fully saturated rings. The molecular weight excluding hydrogens is 252 g/mol. The van der Waals surface area contributed by atoms with Gasteiger partial charge in [-0.05, 0) is 24.6 Å². The molecule has 4 heteroatoms. The lowest BCUT2D eigenvalue weighted by Crippen LogP contribution is -2.13. The van der Waals surface area contributed by atoms with Crippen molar-refractivity contribution < 1.29 is 9.53 Å². The molecule has 4 nitrogen and oxygen atoms in total. The van der Waals surface area contributed by atoms with E-state index in [0.29, 0.717) is 17.1 Å². The molecule has 4 N–H and O–H groups in total. The lowest BCUT2D eigenvalue weighted by Gasteiger charge is -2.16. The minimum atomic E-state index is -0.516. The van der Waals surface area contributed by atoms with Gasteiger partial charge in [-0.25, -0.2) is 0 Å². The fourth-order valence-electron chi connectivity index (χ4n) is 1.98. The van der Waals surface area contributed by atoms with Crippen LogP contribution in [0.15, 0.2) is 48.5 Å². The molecule has 0 saturated heterocycles. The highest BCUT2D eigenvalue weighted by molar-refractivity contribution is 5.95. The van der Waals surface area contributed by atoms with Crippen molar-refractivity contribution in [3.05, 3.63) is 59.7 Å². The van der Waals surface area contributed by atoms with Crippen LogP contribution in [0.1, 0.15) is 35.3 Å². The number of carbonyl (C=O) groups is 1. The summed E-state index contributed by atoms with van der Waals surface area (Å²) in [6.45, 7) is 2.01. The molecule has 2 aromatic rings. The number of nitrogens with two attached hydrogens (primary N) is 2. The average Bonchev–Trinajstić information content (AvgIpc) is 2.47. The Labute approximate surface area is 118 Å². The van der Waals surface area contributed by atoms with Crippen LogP contribution in [0.3, 0.4) is 0 Å². The van der Waals surface area contributed by atoms with Gasteiger partial charge in [-0.2, -0.15) is 0 Å². The molecule has 0 saturated carbocycles. The zero-order chi connectivity index (χ0) is 14.5. The van der Waals surface area contributed by atoms with E-state index in [1.54, 1.807) is 24.3 Å². The molecule has 2 rings (SSSR count). The second kappa shape index (κ2) is 6.21. The maximum absolute atomic E-state index is 11.4. The molecule has 1 atom stereocenters. The Morgan fingerprint density at radius 1 is 1.10 bits per heavy atom. The smallest absolute Gasteiger partial charge is 0.252 e. The standard InChI is InChI=1S/C16H18N2O2/c1-2-13(17)11-7-3-5-9-14(11)20-15-10-6-4-8-12(15)16(18)19/h3-10,13H,2,17H2,1H3,(H2,18,19)/t13-/m1/s1. The molecule has 0 aliphatic rings. The predicted molar refractivity (Wildman–Crippen MR) is 78.7 cm³/mol. The summed E-state index contributed by atoms with van der Waals surface area (Å²) in [7, 11) is 0. The van der Waals surface area contributed by atoms with E-state index in [1.807, 2.05) is 31.2 Å². The highest BCUT2D eigenvalue weighted by atomic mass is 16.5. The van der Waals surface area contributed by atoms with Crippen LogP contribution in [0.2, 0.25) is 0 Å². The van der Waals surface area contributed by atoms with Crippen LogP contribution in [-0.2, 0) is 0 Å². The highest BCUT2D eigenvalue weighted by Gasteiger charge is 2.14. The first-order valence-electron chi connectivity index (χ1n) is 6.54. The number of rotatable bonds is 5. The lowest BCUT2D eigenvalue weighted by molar-refractivity contribution is 0.0998. The van der Waals surface area contributed by atoms with Gasteiger partial charge in [-0.1, -0.05) is 37.3 Å². The van der Waals surface area contributed by atoms with E-state index in [1.165, 1.54) is 0 Å². The van der Waals surface area contributed by atoms with E-state index >= 15 is 0 Å². The number of para-hydroxylation sites is 2. The number of amides is 1. The van der Waals surface area contributed by atoms with Gasteiger partial charge < -0.3 is 16.2 Å². The van der Waals surface area contributed by atoms with Gasteiger partial charge in [0.1, 0.15) is 11.5 Å². The number of hydrogen-bond acceptors (Lipinski definition) is 3. The molecule has 0 unspecified atom stereocenters. The zero-order valence-electron chi connectivity index (χ0n) is 11.4. The Hall–Kier alpha value is -2.33. The van der Waals surface area contributed by atoms with Crippen molar-refractivity contribution in [2.24, 2.45) is 11.5 Å². The molecule has 0 aliphatic carbocycles. The minimum Gasteiger partial charge on any atom is -0.456 e. The predicted octanol–water partition coefficient (Wildman–Crippen LogP) is 2.99. The molecule has 0 spiro atoms. The molecule has 0 radical (unpaired) electrons. The fourth-order valence-corrected chi connectivity index (χ4v) is 1.98. The maximum Gasteiger partial charge on any atom is 0.252 e. The van der Waals surface area contributed by atoms with Gasteiger partial charge >= 0.3 is 0 Å². The number of carbonyl (C=O) groups excluding carboxylic acids is 1. The first-order valence-corrected chi connectivity index (χ1v) is 6.54. The lowest BCUT2D eigenvalue weighted by atomic mass is 10.0. The fraction of sp³-hybridized carbons (Fsp3) is 0.188. The topological polar surface area (TPSA) is 78.3 Å². The molecule has 20 heavy (non-hydrogen) atoms. The molecule has 104 valence electrons. The monoisotopic (exact) mass is 270 g/mol.